The van der Waals surface area contributed by atoms with Gasteiger partial charge >= 0.3 is 0 Å². The molecular formula is C11H19NO6. The highest BCUT2D eigenvalue weighted by atomic mass is 16.7. The van der Waals surface area contributed by atoms with Crippen molar-refractivity contribution in [2.45, 2.75) is 50.7 Å². The van der Waals surface area contributed by atoms with Crippen molar-refractivity contribution >= 4 is 0 Å². The topological polar surface area (TPSA) is 123 Å². The molecular weight excluding hydrogens is 242 g/mol. The second-order valence-electron chi connectivity index (χ2n) is 4.63. The summed E-state index contributed by atoms with van der Waals surface area (Å²) in [5, 5.41) is 46.7. The van der Waals surface area contributed by atoms with Crippen molar-refractivity contribution in [1.29, 1.82) is 5.26 Å². The summed E-state index contributed by atoms with van der Waals surface area (Å²) in [4.78, 5) is 0. The van der Waals surface area contributed by atoms with E-state index in [2.05, 4.69) is 0 Å². The SMILES string of the molecule is CC(C)C(C#N)OC1OC(CO)C(O)C(O)C1O. The van der Waals surface area contributed by atoms with Crippen molar-refractivity contribution in [3.63, 3.8) is 0 Å². The Bertz CT molecular complexity index is 302. The van der Waals surface area contributed by atoms with Crippen LogP contribution in [0, 0.1) is 17.2 Å². The number of aliphatic hydroxyl groups excluding tert-OH is 4. The molecule has 0 radical (unpaired) electrons. The smallest absolute Gasteiger partial charge is 0.188 e. The van der Waals surface area contributed by atoms with E-state index in [1.165, 1.54) is 0 Å². The summed E-state index contributed by atoms with van der Waals surface area (Å²) in [5.41, 5.74) is 0. The molecule has 18 heavy (non-hydrogen) atoms. The minimum atomic E-state index is -1.49. The Labute approximate surface area is 105 Å². The molecule has 6 atom stereocenters. The molecule has 6 unspecified atom stereocenters. The quantitative estimate of drug-likeness (QED) is 0.478. The Morgan fingerprint density at radius 2 is 1.83 bits per heavy atom. The Morgan fingerprint density at radius 3 is 2.28 bits per heavy atom. The molecule has 1 aliphatic heterocycles. The average molecular weight is 261 g/mol. The van der Waals surface area contributed by atoms with Gasteiger partial charge < -0.3 is 29.9 Å². The maximum atomic E-state index is 9.70. The molecule has 104 valence electrons. The van der Waals surface area contributed by atoms with E-state index in [1.807, 2.05) is 6.07 Å². The first-order chi connectivity index (χ1) is 8.42. The Hall–Kier alpha value is -0.750. The van der Waals surface area contributed by atoms with Crippen LogP contribution in [0.25, 0.3) is 0 Å². The third-order valence-corrected chi connectivity index (χ3v) is 2.86. The summed E-state index contributed by atoms with van der Waals surface area (Å²) in [6.07, 6.45) is -7.49. The fourth-order valence-electron chi connectivity index (χ4n) is 1.66. The van der Waals surface area contributed by atoms with Gasteiger partial charge in [-0.2, -0.15) is 5.26 Å². The van der Waals surface area contributed by atoms with E-state index < -0.39 is 43.4 Å². The number of aliphatic hydroxyl groups is 4. The number of ether oxygens (including phenoxy) is 2. The second kappa shape index (κ2) is 6.43. The Morgan fingerprint density at radius 1 is 1.22 bits per heavy atom. The van der Waals surface area contributed by atoms with Crippen LogP contribution < -0.4 is 0 Å². The number of rotatable bonds is 4. The van der Waals surface area contributed by atoms with E-state index >= 15 is 0 Å². The highest BCUT2D eigenvalue weighted by molar-refractivity contribution is 4.92. The van der Waals surface area contributed by atoms with E-state index in [0.717, 1.165) is 0 Å². The summed E-state index contributed by atoms with van der Waals surface area (Å²) in [6, 6.07) is 1.91. The zero-order valence-corrected chi connectivity index (χ0v) is 10.3. The molecule has 0 aromatic heterocycles. The lowest BCUT2D eigenvalue weighted by Gasteiger charge is -2.40. The molecule has 0 aromatic rings. The van der Waals surface area contributed by atoms with Crippen molar-refractivity contribution in [2.24, 2.45) is 5.92 Å². The second-order valence-corrected chi connectivity index (χ2v) is 4.63. The fourth-order valence-corrected chi connectivity index (χ4v) is 1.66. The molecule has 0 amide bonds. The summed E-state index contributed by atoms with van der Waals surface area (Å²) in [7, 11) is 0. The molecule has 0 aliphatic carbocycles. The van der Waals surface area contributed by atoms with Crippen LogP contribution in [0.5, 0.6) is 0 Å². The van der Waals surface area contributed by atoms with Gasteiger partial charge in [0.1, 0.15) is 30.5 Å². The number of hydrogen-bond acceptors (Lipinski definition) is 7. The first-order valence-corrected chi connectivity index (χ1v) is 5.78. The number of nitrogens with zero attached hydrogens (tertiary/aromatic N) is 1. The summed E-state index contributed by atoms with van der Waals surface area (Å²) >= 11 is 0. The lowest BCUT2D eigenvalue weighted by Crippen LogP contribution is -2.59. The van der Waals surface area contributed by atoms with Crippen molar-refractivity contribution < 1.29 is 29.9 Å². The van der Waals surface area contributed by atoms with E-state index in [4.69, 9.17) is 19.8 Å². The fraction of sp³-hybridized carbons (Fsp3) is 0.909. The average Bonchev–Trinajstić information content (AvgIpc) is 2.35. The van der Waals surface area contributed by atoms with E-state index in [9.17, 15) is 15.3 Å². The predicted octanol–water partition coefficient (Wildman–Crippen LogP) is -1.65. The first kappa shape index (κ1) is 15.3. The van der Waals surface area contributed by atoms with Crippen LogP contribution in [0.15, 0.2) is 0 Å². The largest absolute Gasteiger partial charge is 0.394 e. The zero-order valence-electron chi connectivity index (χ0n) is 10.3. The summed E-state index contributed by atoms with van der Waals surface area (Å²) < 4.78 is 10.4. The van der Waals surface area contributed by atoms with Crippen LogP contribution in [-0.2, 0) is 9.47 Å². The highest BCUT2D eigenvalue weighted by Crippen LogP contribution is 2.24. The lowest BCUT2D eigenvalue weighted by molar-refractivity contribution is -0.309. The van der Waals surface area contributed by atoms with Crippen molar-refractivity contribution in [3.8, 4) is 6.07 Å². The highest BCUT2D eigenvalue weighted by Gasteiger charge is 2.45. The van der Waals surface area contributed by atoms with Gasteiger partial charge in [-0.15, -0.1) is 0 Å². The van der Waals surface area contributed by atoms with Gasteiger partial charge in [0.05, 0.1) is 12.7 Å². The maximum Gasteiger partial charge on any atom is 0.188 e. The van der Waals surface area contributed by atoms with Crippen molar-refractivity contribution in [1.82, 2.24) is 0 Å². The predicted molar refractivity (Wildman–Crippen MR) is 59.1 cm³/mol. The van der Waals surface area contributed by atoms with Crippen LogP contribution in [0.2, 0.25) is 0 Å². The monoisotopic (exact) mass is 261 g/mol. The molecule has 4 N–H and O–H groups in total. The van der Waals surface area contributed by atoms with Crippen LogP contribution in [0.4, 0.5) is 0 Å². The molecule has 0 spiro atoms. The summed E-state index contributed by atoms with van der Waals surface area (Å²) in [5.74, 6) is -0.123. The zero-order chi connectivity index (χ0) is 13.9. The minimum Gasteiger partial charge on any atom is -0.394 e. The Balaban J connectivity index is 2.73. The normalized spacial score (nSPS) is 38.4. The van der Waals surface area contributed by atoms with E-state index in [0.29, 0.717) is 0 Å². The lowest BCUT2D eigenvalue weighted by atomic mass is 9.99. The van der Waals surface area contributed by atoms with Gasteiger partial charge in [-0.05, 0) is 5.92 Å². The van der Waals surface area contributed by atoms with Gasteiger partial charge in [0, 0.05) is 0 Å². The number of nitriles is 1. The molecule has 0 aromatic carbocycles. The maximum absolute atomic E-state index is 9.70. The first-order valence-electron chi connectivity index (χ1n) is 5.78. The molecule has 1 heterocycles. The molecule has 1 fully saturated rings. The van der Waals surface area contributed by atoms with Crippen LogP contribution >= 0.6 is 0 Å². The summed E-state index contributed by atoms with van der Waals surface area (Å²) in [6.45, 7) is 3.00. The van der Waals surface area contributed by atoms with Gasteiger partial charge in [-0.3, -0.25) is 0 Å². The van der Waals surface area contributed by atoms with E-state index in [-0.39, 0.29) is 5.92 Å². The van der Waals surface area contributed by atoms with Crippen molar-refractivity contribution in [2.75, 3.05) is 6.61 Å². The van der Waals surface area contributed by atoms with E-state index in [1.54, 1.807) is 13.8 Å². The molecule has 1 saturated heterocycles. The van der Waals surface area contributed by atoms with Gasteiger partial charge in [0.2, 0.25) is 0 Å². The van der Waals surface area contributed by atoms with Crippen molar-refractivity contribution in [3.05, 3.63) is 0 Å². The van der Waals surface area contributed by atoms with Crippen LogP contribution in [-0.4, -0.2) is 63.8 Å². The molecule has 1 aliphatic rings. The Kier molecular flexibility index (Phi) is 5.47. The van der Waals surface area contributed by atoms with Gasteiger partial charge in [0.25, 0.3) is 0 Å². The standard InChI is InChI=1S/C11H19NO6/c1-5(2)6(3-12)17-11-10(16)9(15)8(14)7(4-13)18-11/h5-11,13-16H,4H2,1-2H3. The van der Waals surface area contributed by atoms with Gasteiger partial charge in [0.15, 0.2) is 6.29 Å². The third kappa shape index (κ3) is 3.17. The third-order valence-electron chi connectivity index (χ3n) is 2.86. The van der Waals surface area contributed by atoms with Crippen LogP contribution in [0.3, 0.4) is 0 Å². The molecule has 7 heteroatoms. The molecule has 7 nitrogen and oxygen atoms in total. The van der Waals surface area contributed by atoms with Crippen LogP contribution in [0.1, 0.15) is 13.8 Å². The minimum absolute atomic E-state index is 0.123. The molecule has 0 bridgehead atoms. The van der Waals surface area contributed by atoms with Gasteiger partial charge in [-0.25, -0.2) is 0 Å². The molecule has 0 saturated carbocycles. The number of hydrogen-bond donors (Lipinski definition) is 4. The van der Waals surface area contributed by atoms with Gasteiger partial charge in [-0.1, -0.05) is 13.8 Å². The molecule has 1 rings (SSSR count).